The van der Waals surface area contributed by atoms with Gasteiger partial charge in [-0.05, 0) is 166 Å². The number of hydrogen-bond donors (Lipinski definition) is 0. The highest BCUT2D eigenvalue weighted by Crippen LogP contribution is 2.50. The molecule has 4 aliphatic rings. The summed E-state index contributed by atoms with van der Waals surface area (Å²) >= 11 is 0. The minimum Gasteiger partial charge on any atom is -0.435 e. The van der Waals surface area contributed by atoms with Crippen LogP contribution in [0.15, 0.2) is 219 Å². The fourth-order valence-electron chi connectivity index (χ4n) is 14.1. The van der Waals surface area contributed by atoms with Gasteiger partial charge in [0.25, 0.3) is 0 Å². The maximum absolute atomic E-state index is 8.33. The van der Waals surface area contributed by atoms with Crippen LogP contribution in [0, 0.1) is 27.7 Å². The van der Waals surface area contributed by atoms with Crippen LogP contribution in [-0.4, -0.2) is 88.3 Å². The van der Waals surface area contributed by atoms with E-state index in [9.17, 15) is 0 Å². The first-order chi connectivity index (χ1) is 48.9. The summed E-state index contributed by atoms with van der Waals surface area (Å²) in [6, 6.07) is 41.4. The van der Waals surface area contributed by atoms with E-state index in [2.05, 4.69) is 135 Å². The molecule has 0 fully saturated rings. The predicted molar refractivity (Wildman–Crippen MR) is 392 cm³/mol. The highest BCUT2D eigenvalue weighted by molar-refractivity contribution is 6.12. The molecule has 0 amide bonds. The number of para-hydroxylation sites is 1. The van der Waals surface area contributed by atoms with Crippen LogP contribution in [0.1, 0.15) is 84.5 Å². The van der Waals surface area contributed by atoms with Crippen LogP contribution in [0.5, 0.6) is 0 Å². The van der Waals surface area contributed by atoms with Crippen LogP contribution in [0.2, 0.25) is 0 Å². The Labute approximate surface area is 570 Å². The van der Waals surface area contributed by atoms with Crippen molar-refractivity contribution in [3.05, 3.63) is 224 Å². The molecule has 0 saturated heterocycles. The van der Waals surface area contributed by atoms with Crippen LogP contribution in [0.25, 0.3) is 88.3 Å². The molecule has 488 valence electrons. The Bertz CT molecular complexity index is 5260. The van der Waals surface area contributed by atoms with Crippen molar-refractivity contribution in [3.63, 3.8) is 0 Å². The summed E-state index contributed by atoms with van der Waals surface area (Å²) in [6.45, 7) is 21.9. The van der Waals surface area contributed by atoms with Crippen molar-refractivity contribution in [2.45, 2.75) is 120 Å². The Hall–Kier alpha value is -11.4. The number of nitrogens with zero attached hydrogens (tertiary/aromatic N) is 14. The first kappa shape index (κ1) is 56.0. The molecule has 14 aromatic rings. The van der Waals surface area contributed by atoms with Gasteiger partial charge in [0.1, 0.15) is 24.7 Å². The van der Waals surface area contributed by atoms with Gasteiger partial charge in [-0.2, -0.15) is 0 Å². The fraction of sp³-hybridized carbons (Fsp3) is 0.241. The molecule has 0 spiro atoms. The van der Waals surface area contributed by atoms with E-state index in [0.717, 1.165) is 128 Å². The molecule has 4 unspecified atom stereocenters. The third-order valence-electron chi connectivity index (χ3n) is 18.9. The normalized spacial score (nSPS) is 18.5. The highest BCUT2D eigenvalue weighted by Gasteiger charge is 2.40. The van der Waals surface area contributed by atoms with Crippen molar-refractivity contribution in [1.29, 1.82) is 0 Å². The molecule has 5 aromatic carbocycles. The minimum atomic E-state index is -2.18. The van der Waals surface area contributed by atoms with Crippen molar-refractivity contribution >= 4 is 128 Å². The van der Waals surface area contributed by atoms with Crippen LogP contribution >= 0.6 is 0 Å². The fourth-order valence-corrected chi connectivity index (χ4v) is 14.1. The lowest BCUT2D eigenvalue weighted by Gasteiger charge is -2.33. The molecular formula is C79H78N14O4. The Morgan fingerprint density at radius 1 is 0.351 bits per heavy atom. The van der Waals surface area contributed by atoms with Gasteiger partial charge in [-0.3, -0.25) is 4.90 Å². The monoisotopic (exact) mass is 1290 g/mol. The van der Waals surface area contributed by atoms with Crippen LogP contribution < -0.4 is 24.5 Å². The average molecular weight is 1290 g/mol. The standard InChI is InChI=1S/C24H19N5O.2C19H21N3O.C17H17N3O/c1-15-10-11-18-19-9-6-12-27-24(19)30-21(18)20(15)29-16(2)28(17-7-4-3-5-8-17)22-23(29)26-14-13-25-22;2*1-12(2)21-10-11-22(14(21)4)17-13(3)7-8-15-16-6-5-9-20-19(16)23-18(15)17;1-11-6-7-13-14-5-4-8-18-17(14)21-16(13)15(11)20-10-9-19(3)12(20)2/h3-14,16H,1-2H3;2*5-12,14H,1-4H3;4-10,12H,1-3H3/i;2*12D;3D3. The molecule has 18 nitrogen and oxygen atoms in total. The van der Waals surface area contributed by atoms with Crippen LogP contribution in [0.3, 0.4) is 0 Å². The summed E-state index contributed by atoms with van der Waals surface area (Å²) in [4.78, 5) is 42.9. The second-order valence-electron chi connectivity index (χ2n) is 25.3. The number of hydrogen-bond acceptors (Lipinski definition) is 18. The van der Waals surface area contributed by atoms with Gasteiger partial charge in [0.05, 0.1) is 25.5 Å². The Morgan fingerprint density at radius 2 is 0.701 bits per heavy atom. The minimum absolute atomic E-state index is 0.0322. The Morgan fingerprint density at radius 3 is 1.06 bits per heavy atom. The number of aromatic nitrogens is 6. The van der Waals surface area contributed by atoms with Crippen molar-refractivity contribution in [2.75, 3.05) is 31.5 Å². The van der Waals surface area contributed by atoms with E-state index in [0.29, 0.717) is 22.9 Å². The van der Waals surface area contributed by atoms with Gasteiger partial charge in [-0.15, -0.1) is 0 Å². The van der Waals surface area contributed by atoms with Crippen LogP contribution in [-0.2, 0) is 0 Å². The molecule has 18 rings (SSSR count). The van der Waals surface area contributed by atoms with E-state index in [1.807, 2.05) is 160 Å². The average Bonchev–Trinajstić information content (AvgIpc) is 1.61. The van der Waals surface area contributed by atoms with E-state index < -0.39 is 19.0 Å². The molecule has 0 N–H and O–H groups in total. The number of furan rings is 4. The van der Waals surface area contributed by atoms with E-state index in [4.69, 9.17) is 29.5 Å². The first-order valence-electron chi connectivity index (χ1n) is 35.1. The summed E-state index contributed by atoms with van der Waals surface area (Å²) in [7, 11) is 0. The molecule has 13 heterocycles. The molecule has 0 saturated carbocycles. The van der Waals surface area contributed by atoms with Gasteiger partial charge in [-0.1, -0.05) is 66.7 Å². The zero-order valence-electron chi connectivity index (χ0n) is 61.3. The predicted octanol–water partition coefficient (Wildman–Crippen LogP) is 18.8. The first-order valence-corrected chi connectivity index (χ1v) is 32.6. The largest absolute Gasteiger partial charge is 0.435 e. The van der Waals surface area contributed by atoms with E-state index in [1.165, 1.54) is 4.90 Å². The molecule has 0 aliphatic carbocycles. The van der Waals surface area contributed by atoms with Gasteiger partial charge in [0, 0.05) is 146 Å². The molecule has 0 bridgehead atoms. The SMILES string of the molecule is Cc1ccc2c(oc3ncccc32)c1N1c2nccnc2N(c2ccccc2)C1C.[2H]C(C)(C)N1C=CN(c2c(C)ccc3c2oc2ncccc23)C1C.[2H]C(C)(C)N1C=CN(c2c(C)ccc3c2oc2ncccc23)C1C.[2H]C([2H])([2H])N1C=CN(c2c(C)ccc3c2oc2ncccc23)C1C. The van der Waals surface area contributed by atoms with E-state index in [1.54, 1.807) is 49.6 Å². The number of rotatable bonds is 7. The molecule has 4 atom stereocenters. The summed E-state index contributed by atoms with van der Waals surface area (Å²) in [5.74, 6) is 1.65. The lowest BCUT2D eigenvalue weighted by molar-refractivity contribution is 0.263. The number of anilines is 7. The van der Waals surface area contributed by atoms with E-state index in [-0.39, 0.29) is 24.7 Å². The molecular weight excluding hydrogens is 1210 g/mol. The van der Waals surface area contributed by atoms with Crippen molar-refractivity contribution in [2.24, 2.45) is 0 Å². The van der Waals surface area contributed by atoms with Gasteiger partial charge < -0.3 is 52.0 Å². The summed E-state index contributed by atoms with van der Waals surface area (Å²) < 4.78 is 64.1. The molecule has 0 radical (unpaired) electrons. The molecule has 18 heteroatoms. The maximum Gasteiger partial charge on any atom is 0.227 e. The zero-order valence-corrected chi connectivity index (χ0v) is 56.3. The third kappa shape index (κ3) is 10.5. The number of pyridine rings is 4. The van der Waals surface area contributed by atoms with Gasteiger partial charge in [-0.25, -0.2) is 29.9 Å². The lowest BCUT2D eigenvalue weighted by Crippen LogP contribution is -2.39. The summed E-state index contributed by atoms with van der Waals surface area (Å²) in [5.41, 5.74) is 15.3. The van der Waals surface area contributed by atoms with Crippen molar-refractivity contribution < 1.29 is 24.5 Å². The smallest absolute Gasteiger partial charge is 0.227 e. The van der Waals surface area contributed by atoms with Gasteiger partial charge >= 0.3 is 0 Å². The number of fused-ring (bicyclic) bond motifs is 13. The number of aryl methyl sites for hydroxylation is 4. The van der Waals surface area contributed by atoms with Crippen molar-refractivity contribution in [3.8, 4) is 0 Å². The van der Waals surface area contributed by atoms with Gasteiger partial charge in [0.2, 0.25) is 22.9 Å². The lowest BCUT2D eigenvalue weighted by atomic mass is 10.1. The third-order valence-corrected chi connectivity index (χ3v) is 18.9. The summed E-state index contributed by atoms with van der Waals surface area (Å²) in [6.07, 6.45) is 21.6. The second kappa shape index (κ2) is 24.7. The Kier molecular flexibility index (Phi) is 14.3. The van der Waals surface area contributed by atoms with Crippen molar-refractivity contribution in [1.82, 2.24) is 44.6 Å². The quantitative estimate of drug-likeness (QED) is 0.148. The summed E-state index contributed by atoms with van der Waals surface area (Å²) in [5, 5.41) is 8.20. The molecule has 4 aliphatic heterocycles. The number of benzene rings is 5. The topological polar surface area (TPSA) is 156 Å². The molecule has 9 aromatic heterocycles. The van der Waals surface area contributed by atoms with E-state index >= 15 is 0 Å². The molecule has 97 heavy (non-hydrogen) atoms. The Balaban J connectivity index is 0.000000111. The second-order valence-corrected chi connectivity index (χ2v) is 25.3. The maximum atomic E-state index is 8.33. The van der Waals surface area contributed by atoms with Gasteiger partial charge in [0.15, 0.2) is 34.0 Å². The van der Waals surface area contributed by atoms with Crippen LogP contribution in [0.4, 0.5) is 40.1 Å². The highest BCUT2D eigenvalue weighted by atomic mass is 16.4. The zero-order chi connectivity index (χ0) is 71.4.